The van der Waals surface area contributed by atoms with Gasteiger partial charge in [0.2, 0.25) is 5.91 Å². The van der Waals surface area contributed by atoms with E-state index >= 15 is 0 Å². The Morgan fingerprint density at radius 2 is 2.36 bits per heavy atom. The monoisotopic (exact) mass is 324 g/mol. The van der Waals surface area contributed by atoms with Crippen molar-refractivity contribution in [1.29, 1.82) is 0 Å². The summed E-state index contributed by atoms with van der Waals surface area (Å²) < 4.78 is 4.96. The fourth-order valence-corrected chi connectivity index (χ4v) is 3.32. The fraction of sp³-hybridized carbons (Fsp3) is 0.643. The van der Waals surface area contributed by atoms with E-state index < -0.39 is 0 Å². The average Bonchev–Trinajstić information content (AvgIpc) is 3.02. The predicted octanol–water partition coefficient (Wildman–Crippen LogP) is 1.69. The van der Waals surface area contributed by atoms with Crippen LogP contribution in [0.5, 0.6) is 0 Å². The summed E-state index contributed by atoms with van der Waals surface area (Å²) in [7, 11) is 1.59. The lowest BCUT2D eigenvalue weighted by molar-refractivity contribution is -0.127. The smallest absolute Gasteiger partial charge is 0.325 e. The van der Waals surface area contributed by atoms with Crippen LogP contribution in [0.4, 0.5) is 9.93 Å². The number of urea groups is 1. The van der Waals surface area contributed by atoms with Crippen LogP contribution in [0.2, 0.25) is 0 Å². The third-order valence-corrected chi connectivity index (χ3v) is 4.91. The molecule has 0 radical (unpaired) electrons. The number of thiazole rings is 1. The Morgan fingerprint density at radius 1 is 1.55 bits per heavy atom. The molecule has 1 aromatic rings. The van der Waals surface area contributed by atoms with Crippen molar-refractivity contribution in [2.24, 2.45) is 0 Å². The van der Waals surface area contributed by atoms with Gasteiger partial charge in [0, 0.05) is 25.0 Å². The molecule has 2 heterocycles. The number of rotatable bonds is 5. The van der Waals surface area contributed by atoms with E-state index in [1.807, 2.05) is 5.38 Å². The number of carbonyl (C=O) groups is 2. The zero-order chi connectivity index (χ0) is 15.5. The molecule has 1 aromatic heterocycles. The van der Waals surface area contributed by atoms with Gasteiger partial charge in [0.1, 0.15) is 6.54 Å². The number of amides is 3. The highest BCUT2D eigenvalue weighted by molar-refractivity contribution is 7.13. The number of methoxy groups -OCH3 is 1. The topological polar surface area (TPSA) is 74.8 Å². The maximum absolute atomic E-state index is 12.2. The Bertz CT molecular complexity index is 558. The number of anilines is 1. The van der Waals surface area contributed by atoms with Gasteiger partial charge in [-0.25, -0.2) is 9.78 Å². The van der Waals surface area contributed by atoms with Gasteiger partial charge in [0.05, 0.1) is 19.0 Å². The Labute approximate surface area is 133 Å². The number of ether oxygens (including phenoxy) is 1. The second-order valence-corrected chi connectivity index (χ2v) is 6.48. The van der Waals surface area contributed by atoms with E-state index in [0.29, 0.717) is 30.9 Å². The average molecular weight is 324 g/mol. The van der Waals surface area contributed by atoms with Gasteiger partial charge in [0.15, 0.2) is 5.13 Å². The lowest BCUT2D eigenvalue weighted by Gasteiger charge is -2.23. The van der Waals surface area contributed by atoms with Crippen molar-refractivity contribution in [2.75, 3.05) is 38.8 Å². The highest BCUT2D eigenvalue weighted by Gasteiger charge is 2.31. The van der Waals surface area contributed by atoms with Crippen LogP contribution in [0.15, 0.2) is 5.38 Å². The van der Waals surface area contributed by atoms with Crippen molar-refractivity contribution in [3.05, 3.63) is 11.1 Å². The summed E-state index contributed by atoms with van der Waals surface area (Å²) >= 11 is 1.44. The lowest BCUT2D eigenvalue weighted by Crippen LogP contribution is -2.35. The molecule has 3 amide bonds. The number of hydrogen-bond acceptors (Lipinski definition) is 5. The van der Waals surface area contributed by atoms with Crippen LogP contribution in [-0.4, -0.2) is 60.2 Å². The Kier molecular flexibility index (Phi) is 4.58. The second kappa shape index (κ2) is 6.62. The molecule has 2 fully saturated rings. The highest BCUT2D eigenvalue weighted by atomic mass is 32.1. The molecule has 2 aliphatic rings. The van der Waals surface area contributed by atoms with Crippen LogP contribution in [0.25, 0.3) is 0 Å². The number of nitrogens with zero attached hydrogens (tertiary/aromatic N) is 3. The minimum Gasteiger partial charge on any atom is -0.383 e. The summed E-state index contributed by atoms with van der Waals surface area (Å²) in [6, 6.07) is -0.275. The molecule has 0 unspecified atom stereocenters. The van der Waals surface area contributed by atoms with Gasteiger partial charge in [-0.05, 0) is 12.8 Å². The largest absolute Gasteiger partial charge is 0.383 e. The van der Waals surface area contributed by atoms with E-state index in [0.717, 1.165) is 5.69 Å². The van der Waals surface area contributed by atoms with Gasteiger partial charge in [-0.15, -0.1) is 11.3 Å². The molecule has 1 aliphatic heterocycles. The van der Waals surface area contributed by atoms with Crippen LogP contribution < -0.4 is 5.32 Å². The number of aromatic nitrogens is 1. The molecule has 120 valence electrons. The molecule has 3 rings (SSSR count). The molecule has 22 heavy (non-hydrogen) atoms. The Morgan fingerprint density at radius 3 is 3.05 bits per heavy atom. The van der Waals surface area contributed by atoms with Crippen molar-refractivity contribution >= 4 is 28.4 Å². The Balaban J connectivity index is 1.53. The molecule has 7 nitrogen and oxygen atoms in total. The quantitative estimate of drug-likeness (QED) is 0.894. The van der Waals surface area contributed by atoms with Crippen LogP contribution in [0, 0.1) is 0 Å². The molecule has 0 spiro atoms. The maximum Gasteiger partial charge on any atom is 0.325 e. The first-order valence-corrected chi connectivity index (χ1v) is 8.33. The van der Waals surface area contributed by atoms with Crippen LogP contribution in [-0.2, 0) is 9.53 Å². The van der Waals surface area contributed by atoms with Gasteiger partial charge in [-0.3, -0.25) is 15.0 Å². The van der Waals surface area contributed by atoms with Crippen molar-refractivity contribution in [3.63, 3.8) is 0 Å². The minimum absolute atomic E-state index is 0.0542. The number of hydrogen-bond donors (Lipinski definition) is 1. The molecule has 1 saturated carbocycles. The van der Waals surface area contributed by atoms with E-state index in [4.69, 9.17) is 4.74 Å². The molecule has 0 aromatic carbocycles. The fourth-order valence-electron chi connectivity index (χ4n) is 2.54. The van der Waals surface area contributed by atoms with Crippen molar-refractivity contribution in [2.45, 2.75) is 25.2 Å². The third-order valence-electron chi connectivity index (χ3n) is 4.13. The SMILES string of the molecule is COCCN1CN(C(=O)Nc2nc(C3CCC3)cs2)CC1=O. The van der Waals surface area contributed by atoms with E-state index in [1.165, 1.54) is 35.5 Å². The summed E-state index contributed by atoms with van der Waals surface area (Å²) in [4.78, 5) is 31.6. The normalized spacial score (nSPS) is 18.7. The summed E-state index contributed by atoms with van der Waals surface area (Å²) in [6.07, 6.45) is 3.63. The van der Waals surface area contributed by atoms with E-state index in [1.54, 1.807) is 12.0 Å². The minimum atomic E-state index is -0.275. The second-order valence-electron chi connectivity index (χ2n) is 5.62. The molecule has 8 heteroatoms. The Hall–Kier alpha value is -1.67. The highest BCUT2D eigenvalue weighted by Crippen LogP contribution is 2.37. The summed E-state index contributed by atoms with van der Waals surface area (Å²) in [6.45, 7) is 1.38. The lowest BCUT2D eigenvalue weighted by atomic mass is 9.83. The summed E-state index contributed by atoms with van der Waals surface area (Å²) in [5, 5.41) is 5.41. The molecule has 0 atom stereocenters. The molecular weight excluding hydrogens is 304 g/mol. The van der Waals surface area contributed by atoms with E-state index in [-0.39, 0.29) is 18.5 Å². The summed E-state index contributed by atoms with van der Waals surface area (Å²) in [5.74, 6) is 0.501. The van der Waals surface area contributed by atoms with Crippen LogP contribution in [0.1, 0.15) is 30.9 Å². The van der Waals surface area contributed by atoms with Crippen molar-refractivity contribution in [3.8, 4) is 0 Å². The molecule has 1 N–H and O–H groups in total. The van der Waals surface area contributed by atoms with E-state index in [2.05, 4.69) is 10.3 Å². The number of carbonyl (C=O) groups excluding carboxylic acids is 2. The van der Waals surface area contributed by atoms with Crippen molar-refractivity contribution in [1.82, 2.24) is 14.8 Å². The zero-order valence-electron chi connectivity index (χ0n) is 12.6. The molecule has 1 saturated heterocycles. The van der Waals surface area contributed by atoms with Gasteiger partial charge in [-0.2, -0.15) is 0 Å². The standard InChI is InChI=1S/C14H20N4O3S/c1-21-6-5-17-9-18(7-12(17)19)14(20)16-13-15-11(8-22-13)10-3-2-4-10/h8,10H,2-7,9H2,1H3,(H,15,16,20). The third kappa shape index (κ3) is 3.22. The molecule has 0 bridgehead atoms. The van der Waals surface area contributed by atoms with Gasteiger partial charge < -0.3 is 9.64 Å². The first-order valence-electron chi connectivity index (χ1n) is 7.45. The summed E-state index contributed by atoms with van der Waals surface area (Å²) in [5.41, 5.74) is 1.07. The van der Waals surface area contributed by atoms with Crippen molar-refractivity contribution < 1.29 is 14.3 Å². The number of nitrogens with one attached hydrogen (secondary N) is 1. The first kappa shape index (κ1) is 15.2. The zero-order valence-corrected chi connectivity index (χ0v) is 13.4. The molecular formula is C14H20N4O3S. The predicted molar refractivity (Wildman–Crippen MR) is 82.9 cm³/mol. The molecule has 1 aliphatic carbocycles. The van der Waals surface area contributed by atoms with Crippen LogP contribution in [0.3, 0.4) is 0 Å². The van der Waals surface area contributed by atoms with Crippen LogP contribution >= 0.6 is 11.3 Å². The van der Waals surface area contributed by atoms with Gasteiger partial charge in [-0.1, -0.05) is 6.42 Å². The maximum atomic E-state index is 12.2. The first-order chi connectivity index (χ1) is 10.7. The van der Waals surface area contributed by atoms with Gasteiger partial charge >= 0.3 is 6.03 Å². The van der Waals surface area contributed by atoms with E-state index in [9.17, 15) is 9.59 Å². The van der Waals surface area contributed by atoms with Gasteiger partial charge in [0.25, 0.3) is 0 Å².